The van der Waals surface area contributed by atoms with Gasteiger partial charge in [0.05, 0.1) is 5.56 Å². The van der Waals surface area contributed by atoms with Crippen molar-refractivity contribution in [2.24, 2.45) is 5.92 Å². The standard InChI is InChI=1S/C17H22N2O2/c20-17(21)15-3-1-2-12-11-19(9-5-14(12)15)16-6-8-18-7-4-13(16)10-18/h1-3,13,16H,4-11H2,(H,20,21). The Kier molecular flexibility index (Phi) is 3.23. The Balaban J connectivity index is 1.57. The van der Waals surface area contributed by atoms with Crippen LogP contribution < -0.4 is 0 Å². The SMILES string of the molecule is O=C(O)c1cccc2c1CCN(C1CCN3CCC1C3)C2. The van der Waals surface area contributed by atoms with Crippen LogP contribution in [-0.2, 0) is 13.0 Å². The minimum absolute atomic E-state index is 0.503. The van der Waals surface area contributed by atoms with Gasteiger partial charge in [-0.1, -0.05) is 12.1 Å². The summed E-state index contributed by atoms with van der Waals surface area (Å²) in [5, 5.41) is 9.32. The van der Waals surface area contributed by atoms with Gasteiger partial charge in [-0.2, -0.15) is 0 Å². The zero-order valence-corrected chi connectivity index (χ0v) is 12.3. The van der Waals surface area contributed by atoms with Crippen molar-refractivity contribution in [2.45, 2.75) is 31.8 Å². The van der Waals surface area contributed by atoms with Crippen LogP contribution in [-0.4, -0.2) is 53.1 Å². The van der Waals surface area contributed by atoms with Crippen molar-refractivity contribution in [2.75, 3.05) is 26.2 Å². The number of rotatable bonds is 2. The van der Waals surface area contributed by atoms with Crippen LogP contribution in [0.5, 0.6) is 0 Å². The molecule has 2 fully saturated rings. The van der Waals surface area contributed by atoms with E-state index >= 15 is 0 Å². The molecule has 4 rings (SSSR count). The third kappa shape index (κ3) is 2.27. The molecule has 3 aliphatic rings. The summed E-state index contributed by atoms with van der Waals surface area (Å²) in [7, 11) is 0. The Hall–Kier alpha value is -1.39. The molecule has 21 heavy (non-hydrogen) atoms. The van der Waals surface area contributed by atoms with E-state index in [0.717, 1.165) is 31.0 Å². The number of carboxylic acid groups (broad SMARTS) is 1. The van der Waals surface area contributed by atoms with Gasteiger partial charge in [0.15, 0.2) is 0 Å². The van der Waals surface area contributed by atoms with E-state index in [9.17, 15) is 9.90 Å². The molecule has 0 aromatic heterocycles. The molecule has 0 amide bonds. The molecule has 1 aromatic rings. The van der Waals surface area contributed by atoms with E-state index < -0.39 is 5.97 Å². The van der Waals surface area contributed by atoms with Gasteiger partial charge in [0.1, 0.15) is 0 Å². The van der Waals surface area contributed by atoms with E-state index in [1.54, 1.807) is 6.07 Å². The summed E-state index contributed by atoms with van der Waals surface area (Å²) in [5.41, 5.74) is 2.79. The summed E-state index contributed by atoms with van der Waals surface area (Å²) < 4.78 is 0. The fraction of sp³-hybridized carbons (Fsp3) is 0.588. The third-order valence-electron chi connectivity index (χ3n) is 5.59. The number of aromatic carboxylic acids is 1. The Labute approximate surface area is 125 Å². The number of fused-ring (bicyclic) bond motifs is 3. The van der Waals surface area contributed by atoms with Crippen LogP contribution in [0.1, 0.15) is 34.3 Å². The number of benzene rings is 1. The minimum atomic E-state index is -0.788. The number of piperidine rings is 1. The van der Waals surface area contributed by atoms with Crippen LogP contribution in [0.4, 0.5) is 0 Å². The second-order valence-electron chi connectivity index (χ2n) is 6.67. The zero-order valence-electron chi connectivity index (χ0n) is 12.3. The molecule has 0 saturated carbocycles. The molecule has 3 unspecified atom stereocenters. The van der Waals surface area contributed by atoms with Crippen molar-refractivity contribution in [3.8, 4) is 0 Å². The Morgan fingerprint density at radius 1 is 1.19 bits per heavy atom. The van der Waals surface area contributed by atoms with Gasteiger partial charge in [0, 0.05) is 25.7 Å². The summed E-state index contributed by atoms with van der Waals surface area (Å²) >= 11 is 0. The van der Waals surface area contributed by atoms with Gasteiger partial charge in [0.2, 0.25) is 0 Å². The van der Waals surface area contributed by atoms with Gasteiger partial charge in [0.25, 0.3) is 0 Å². The smallest absolute Gasteiger partial charge is 0.335 e. The highest BCUT2D eigenvalue weighted by atomic mass is 16.4. The summed E-state index contributed by atoms with van der Waals surface area (Å²) in [6, 6.07) is 6.44. The molecular weight excluding hydrogens is 264 g/mol. The molecule has 0 spiro atoms. The topological polar surface area (TPSA) is 43.8 Å². The van der Waals surface area contributed by atoms with E-state index in [2.05, 4.69) is 15.9 Å². The highest BCUT2D eigenvalue weighted by molar-refractivity contribution is 5.89. The Morgan fingerprint density at radius 3 is 2.90 bits per heavy atom. The molecule has 1 N–H and O–H groups in total. The first kappa shape index (κ1) is 13.3. The molecular formula is C17H22N2O2. The molecule has 4 heteroatoms. The maximum absolute atomic E-state index is 11.3. The average Bonchev–Trinajstić information content (AvgIpc) is 2.87. The quantitative estimate of drug-likeness (QED) is 0.901. The zero-order chi connectivity index (χ0) is 14.4. The first-order valence-corrected chi connectivity index (χ1v) is 8.03. The first-order chi connectivity index (χ1) is 10.2. The molecule has 2 bridgehead atoms. The number of carboxylic acids is 1. The summed E-state index contributed by atoms with van der Waals surface area (Å²) in [5.74, 6) is 0.0346. The third-order valence-corrected chi connectivity index (χ3v) is 5.59. The normalized spacial score (nSPS) is 31.9. The number of carbonyl (C=O) groups is 1. The lowest BCUT2D eigenvalue weighted by atomic mass is 9.88. The minimum Gasteiger partial charge on any atom is -0.478 e. The molecule has 0 aliphatic carbocycles. The van der Waals surface area contributed by atoms with Crippen LogP contribution in [0.3, 0.4) is 0 Å². The fourth-order valence-corrected chi connectivity index (χ4v) is 4.53. The van der Waals surface area contributed by atoms with Crippen molar-refractivity contribution < 1.29 is 9.90 Å². The lowest BCUT2D eigenvalue weighted by Gasteiger charge is -2.41. The van der Waals surface area contributed by atoms with Crippen LogP contribution in [0.25, 0.3) is 0 Å². The van der Waals surface area contributed by atoms with Gasteiger partial charge >= 0.3 is 5.97 Å². The Morgan fingerprint density at radius 2 is 2.05 bits per heavy atom. The van der Waals surface area contributed by atoms with Gasteiger partial charge in [-0.05, 0) is 55.5 Å². The number of hydrogen-bond donors (Lipinski definition) is 1. The summed E-state index contributed by atoms with van der Waals surface area (Å²) in [4.78, 5) is 16.5. The predicted molar refractivity (Wildman–Crippen MR) is 80.5 cm³/mol. The monoisotopic (exact) mass is 286 g/mol. The van der Waals surface area contributed by atoms with Gasteiger partial charge in [-0.25, -0.2) is 4.79 Å². The van der Waals surface area contributed by atoms with E-state index in [4.69, 9.17) is 0 Å². The summed E-state index contributed by atoms with van der Waals surface area (Å²) in [6.45, 7) is 5.72. The lowest BCUT2D eigenvalue weighted by Crippen LogP contribution is -2.48. The van der Waals surface area contributed by atoms with Crippen LogP contribution in [0.15, 0.2) is 18.2 Å². The second kappa shape index (κ2) is 5.11. The molecule has 2 saturated heterocycles. The number of hydrogen-bond acceptors (Lipinski definition) is 3. The molecule has 3 heterocycles. The molecule has 4 nitrogen and oxygen atoms in total. The fourth-order valence-electron chi connectivity index (χ4n) is 4.53. The Bertz CT molecular complexity index is 572. The largest absolute Gasteiger partial charge is 0.478 e. The van der Waals surface area contributed by atoms with Crippen molar-refractivity contribution in [3.63, 3.8) is 0 Å². The first-order valence-electron chi connectivity index (χ1n) is 8.03. The van der Waals surface area contributed by atoms with E-state index in [1.807, 2.05) is 6.07 Å². The van der Waals surface area contributed by atoms with E-state index in [0.29, 0.717) is 11.6 Å². The van der Waals surface area contributed by atoms with Crippen molar-refractivity contribution in [1.82, 2.24) is 9.80 Å². The van der Waals surface area contributed by atoms with Crippen molar-refractivity contribution >= 4 is 5.97 Å². The van der Waals surface area contributed by atoms with Gasteiger partial charge in [-0.3, -0.25) is 4.90 Å². The van der Waals surface area contributed by atoms with E-state index in [-0.39, 0.29) is 0 Å². The molecule has 112 valence electrons. The molecule has 3 aliphatic heterocycles. The van der Waals surface area contributed by atoms with Crippen molar-refractivity contribution in [3.05, 3.63) is 34.9 Å². The molecule has 3 atom stereocenters. The maximum atomic E-state index is 11.3. The van der Waals surface area contributed by atoms with Crippen molar-refractivity contribution in [1.29, 1.82) is 0 Å². The van der Waals surface area contributed by atoms with Crippen LogP contribution in [0, 0.1) is 5.92 Å². The summed E-state index contributed by atoms with van der Waals surface area (Å²) in [6.07, 6.45) is 3.49. The highest BCUT2D eigenvalue weighted by Gasteiger charge is 2.38. The van der Waals surface area contributed by atoms with Gasteiger partial charge < -0.3 is 10.0 Å². The average molecular weight is 286 g/mol. The molecule has 0 radical (unpaired) electrons. The highest BCUT2D eigenvalue weighted by Crippen LogP contribution is 2.33. The maximum Gasteiger partial charge on any atom is 0.335 e. The number of nitrogens with zero attached hydrogens (tertiary/aromatic N) is 2. The molecule has 1 aromatic carbocycles. The second-order valence-corrected chi connectivity index (χ2v) is 6.67. The van der Waals surface area contributed by atoms with Crippen LogP contribution >= 0.6 is 0 Å². The lowest BCUT2D eigenvalue weighted by molar-refractivity contribution is 0.0689. The van der Waals surface area contributed by atoms with Gasteiger partial charge in [-0.15, -0.1) is 0 Å². The van der Waals surface area contributed by atoms with E-state index in [1.165, 1.54) is 38.0 Å². The predicted octanol–water partition coefficient (Wildman–Crippen LogP) is 1.84. The van der Waals surface area contributed by atoms with Crippen LogP contribution in [0.2, 0.25) is 0 Å².